The summed E-state index contributed by atoms with van der Waals surface area (Å²) in [6.07, 6.45) is 0.625. The Morgan fingerprint density at radius 3 is 1.45 bits per heavy atom. The average Bonchev–Trinajstić information content (AvgIpc) is 2.19. The van der Waals surface area contributed by atoms with Gasteiger partial charge in [-0.2, -0.15) is 0 Å². The first-order chi connectivity index (χ1) is 8.05. The number of hydrogen-bond donors (Lipinski definition) is 2. The van der Waals surface area contributed by atoms with Crippen molar-refractivity contribution in [2.45, 2.75) is 38.5 Å². The minimum Gasteiger partial charge on any atom is -0.805 e. The molecule has 0 unspecified atom stereocenters. The summed E-state index contributed by atoms with van der Waals surface area (Å²) in [7, 11) is -9.81. The van der Waals surface area contributed by atoms with Crippen molar-refractivity contribution in [1.29, 1.82) is 0 Å². The van der Waals surface area contributed by atoms with Crippen LogP contribution in [0.1, 0.15) is 38.5 Å². The van der Waals surface area contributed by atoms with E-state index in [0.29, 0.717) is 12.8 Å². The molecule has 0 radical (unpaired) electrons. The molecule has 0 bridgehead atoms. The summed E-state index contributed by atoms with van der Waals surface area (Å²) in [5.74, 6) is 0. The third-order valence-electron chi connectivity index (χ3n) is 2.16. The Bertz CT molecular complexity index is 363. The van der Waals surface area contributed by atoms with Crippen molar-refractivity contribution >= 4 is 26.2 Å². The molecule has 0 aliphatic carbocycles. The van der Waals surface area contributed by atoms with Crippen LogP contribution in [0.25, 0.3) is 0 Å². The van der Waals surface area contributed by atoms with Crippen LogP contribution in [0.15, 0.2) is 0 Å². The van der Waals surface area contributed by atoms with Crippen molar-refractivity contribution in [3.63, 3.8) is 0 Å². The standard InChI is InChI=1S/C8H16O8P2.2Na/c9-7(17(11,12)13)5-3-1-2-4-6-8(10)18(14,15)16;;/h1-6H2,(H2,11,12,13)(H2,14,15,16);;/q;2*+1/p-2. The van der Waals surface area contributed by atoms with Gasteiger partial charge in [-0.1, -0.05) is 12.8 Å². The molecule has 20 heavy (non-hydrogen) atoms. The van der Waals surface area contributed by atoms with Crippen LogP contribution in [0.2, 0.25) is 0 Å². The van der Waals surface area contributed by atoms with Gasteiger partial charge in [0.15, 0.2) is 5.52 Å². The van der Waals surface area contributed by atoms with Gasteiger partial charge in [0, 0.05) is 20.4 Å². The molecule has 0 aromatic carbocycles. The molecule has 0 saturated carbocycles. The Labute approximate surface area is 161 Å². The molecule has 0 heterocycles. The minimum absolute atomic E-state index is 0. The normalized spacial score (nSPS) is 11.2. The summed E-state index contributed by atoms with van der Waals surface area (Å²) < 4.78 is 20.7. The van der Waals surface area contributed by atoms with Crippen LogP contribution in [-0.4, -0.2) is 20.8 Å². The number of rotatable bonds is 9. The quantitative estimate of drug-likeness (QED) is 0.237. The van der Waals surface area contributed by atoms with Gasteiger partial charge in [-0.3, -0.25) is 14.2 Å². The van der Waals surface area contributed by atoms with Crippen LogP contribution >= 0.6 is 15.2 Å². The van der Waals surface area contributed by atoms with Gasteiger partial charge in [0.1, 0.15) is 0 Å². The molecule has 0 aromatic rings. The van der Waals surface area contributed by atoms with E-state index in [1.807, 2.05) is 0 Å². The van der Waals surface area contributed by atoms with Gasteiger partial charge < -0.3 is 24.1 Å². The first-order valence-corrected chi connectivity index (χ1v) is 8.35. The molecule has 0 fully saturated rings. The zero-order chi connectivity index (χ0) is 14.4. The van der Waals surface area contributed by atoms with Gasteiger partial charge in [0.2, 0.25) is 5.52 Å². The number of carbonyl (C=O) groups excluding carboxylic acids is 2. The zero-order valence-electron chi connectivity index (χ0n) is 11.5. The maximum Gasteiger partial charge on any atom is 1.00 e. The van der Waals surface area contributed by atoms with E-state index in [4.69, 9.17) is 9.79 Å². The summed E-state index contributed by atoms with van der Waals surface area (Å²) in [4.78, 5) is 58.9. The zero-order valence-corrected chi connectivity index (χ0v) is 17.3. The maximum absolute atomic E-state index is 10.8. The van der Waals surface area contributed by atoms with Crippen molar-refractivity contribution in [2.24, 2.45) is 0 Å². The molecule has 8 nitrogen and oxygen atoms in total. The molecule has 0 atom stereocenters. The SMILES string of the molecule is O=C(CCCCCCC(=O)P(=O)(O)O)P(=O)([O-])[O-].[Na+].[Na+]. The third kappa shape index (κ3) is 13.3. The molecule has 12 heteroatoms. The van der Waals surface area contributed by atoms with Crippen molar-refractivity contribution in [3.05, 3.63) is 0 Å². The summed E-state index contributed by atoms with van der Waals surface area (Å²) in [6, 6.07) is 0. The van der Waals surface area contributed by atoms with Crippen LogP contribution in [0.3, 0.4) is 0 Å². The van der Waals surface area contributed by atoms with E-state index in [1.54, 1.807) is 0 Å². The van der Waals surface area contributed by atoms with Gasteiger partial charge in [0.25, 0.3) is 0 Å². The van der Waals surface area contributed by atoms with Gasteiger partial charge in [-0.05, 0) is 12.8 Å². The van der Waals surface area contributed by atoms with Gasteiger partial charge >= 0.3 is 66.7 Å². The second-order valence-corrected chi connectivity index (χ2v) is 6.82. The van der Waals surface area contributed by atoms with E-state index in [2.05, 4.69) is 0 Å². The molecule has 0 spiro atoms. The van der Waals surface area contributed by atoms with Crippen molar-refractivity contribution in [2.75, 3.05) is 0 Å². The van der Waals surface area contributed by atoms with Crippen LogP contribution in [0.4, 0.5) is 0 Å². The average molecular weight is 346 g/mol. The van der Waals surface area contributed by atoms with Crippen molar-refractivity contribution < 1.29 is 97.4 Å². The van der Waals surface area contributed by atoms with Crippen LogP contribution < -0.4 is 68.9 Å². The predicted octanol–water partition coefficient (Wildman–Crippen LogP) is -6.52. The molecular weight excluding hydrogens is 332 g/mol. The smallest absolute Gasteiger partial charge is 0.805 e. The van der Waals surface area contributed by atoms with E-state index in [1.165, 1.54) is 0 Å². The second kappa shape index (κ2) is 12.1. The maximum atomic E-state index is 10.8. The Kier molecular flexibility index (Phi) is 16.1. The molecule has 0 amide bonds. The topological polar surface area (TPSA) is 155 Å². The largest absolute Gasteiger partial charge is 1.00 e. The number of unbranched alkanes of at least 4 members (excludes halogenated alkanes) is 3. The molecule has 106 valence electrons. The van der Waals surface area contributed by atoms with Gasteiger partial charge in [-0.15, -0.1) is 0 Å². The van der Waals surface area contributed by atoms with E-state index >= 15 is 0 Å². The fraction of sp³-hybridized carbons (Fsp3) is 0.750. The van der Waals surface area contributed by atoms with E-state index in [-0.39, 0.29) is 84.8 Å². The summed E-state index contributed by atoms with van der Waals surface area (Å²) in [5, 5.41) is 0. The van der Waals surface area contributed by atoms with Crippen LogP contribution in [-0.2, 0) is 18.7 Å². The molecule has 0 aromatic heterocycles. The summed E-state index contributed by atoms with van der Waals surface area (Å²) in [6.45, 7) is 0. The molecular formula is C8H14Na2O8P2. The Morgan fingerprint density at radius 1 is 0.800 bits per heavy atom. The van der Waals surface area contributed by atoms with Gasteiger partial charge in [-0.25, -0.2) is 0 Å². The monoisotopic (exact) mass is 346 g/mol. The predicted molar refractivity (Wildman–Crippen MR) is 57.4 cm³/mol. The van der Waals surface area contributed by atoms with E-state index in [9.17, 15) is 28.5 Å². The van der Waals surface area contributed by atoms with Gasteiger partial charge in [0.05, 0.1) is 0 Å². The molecule has 0 rings (SSSR count). The molecule has 0 aliphatic heterocycles. The number of hydrogen-bond acceptors (Lipinski definition) is 6. The fourth-order valence-corrected chi connectivity index (χ4v) is 2.07. The fourth-order valence-electron chi connectivity index (χ4n) is 1.19. The summed E-state index contributed by atoms with van der Waals surface area (Å²) in [5.41, 5.74) is -2.48. The summed E-state index contributed by atoms with van der Waals surface area (Å²) >= 11 is 0. The van der Waals surface area contributed by atoms with Crippen molar-refractivity contribution in [1.82, 2.24) is 0 Å². The van der Waals surface area contributed by atoms with Crippen LogP contribution in [0.5, 0.6) is 0 Å². The first kappa shape index (κ1) is 26.5. The Hall–Kier alpha value is 1.64. The Balaban J connectivity index is -0.00000144. The molecule has 2 N–H and O–H groups in total. The van der Waals surface area contributed by atoms with E-state index < -0.39 is 26.2 Å². The van der Waals surface area contributed by atoms with Crippen LogP contribution in [0, 0.1) is 0 Å². The molecule has 0 saturated heterocycles. The first-order valence-electron chi connectivity index (χ1n) is 5.19. The third-order valence-corrected chi connectivity index (χ3v) is 3.87. The molecule has 0 aliphatic rings. The number of carbonyl (C=O) groups is 2. The van der Waals surface area contributed by atoms with Crippen molar-refractivity contribution in [3.8, 4) is 0 Å². The second-order valence-electron chi connectivity index (χ2n) is 3.74. The van der Waals surface area contributed by atoms with E-state index in [0.717, 1.165) is 0 Å². The minimum atomic E-state index is -5.15. The Morgan fingerprint density at radius 2 is 1.15 bits per heavy atom.